The van der Waals surface area contributed by atoms with Crippen molar-refractivity contribution in [3.05, 3.63) is 29.3 Å². The summed E-state index contributed by atoms with van der Waals surface area (Å²) in [6.45, 7) is 5.28. The maximum atomic E-state index is 5.98. The molecule has 0 saturated heterocycles. The smallest absolute Gasteiger partial charge is 0.128 e. The van der Waals surface area contributed by atoms with Crippen molar-refractivity contribution in [1.29, 1.82) is 0 Å². The third-order valence-electron chi connectivity index (χ3n) is 3.37. The molecule has 4 heteroatoms. The second-order valence-electron chi connectivity index (χ2n) is 5.21. The van der Waals surface area contributed by atoms with Gasteiger partial charge in [0.05, 0.1) is 13.2 Å². The zero-order valence-electron chi connectivity index (χ0n) is 11.9. The molecule has 0 spiro atoms. The van der Waals surface area contributed by atoms with E-state index in [1.54, 1.807) is 7.11 Å². The molecule has 3 atom stereocenters. The van der Waals surface area contributed by atoms with E-state index in [0.717, 1.165) is 12.2 Å². The summed E-state index contributed by atoms with van der Waals surface area (Å²) < 4.78 is 16.7. The van der Waals surface area contributed by atoms with Crippen molar-refractivity contribution in [1.82, 2.24) is 0 Å². The highest BCUT2D eigenvalue weighted by Gasteiger charge is 2.41. The summed E-state index contributed by atoms with van der Waals surface area (Å²) in [5, 5.41) is 0. The number of ether oxygens (including phenoxy) is 3. The second-order valence-corrected chi connectivity index (χ2v) is 5.21. The van der Waals surface area contributed by atoms with Gasteiger partial charge in [0.2, 0.25) is 0 Å². The highest BCUT2D eigenvalue weighted by Crippen LogP contribution is 2.28. The Bertz CT molecular complexity index is 402. The molecule has 1 aliphatic carbocycles. The van der Waals surface area contributed by atoms with Gasteiger partial charge >= 0.3 is 0 Å². The molecule has 4 nitrogen and oxygen atoms in total. The Morgan fingerprint density at radius 3 is 2.42 bits per heavy atom. The Morgan fingerprint density at radius 2 is 1.84 bits per heavy atom. The summed E-state index contributed by atoms with van der Waals surface area (Å²) in [5.74, 6) is 0.898. The lowest BCUT2D eigenvalue weighted by Crippen LogP contribution is -2.59. The molecule has 0 aliphatic heterocycles. The first-order valence-corrected chi connectivity index (χ1v) is 6.71. The molecule has 2 N–H and O–H groups in total. The number of hydrogen-bond acceptors (Lipinski definition) is 4. The van der Waals surface area contributed by atoms with Gasteiger partial charge in [-0.3, -0.25) is 0 Å². The average molecular weight is 265 g/mol. The lowest BCUT2D eigenvalue weighted by Gasteiger charge is -2.41. The Labute approximate surface area is 114 Å². The van der Waals surface area contributed by atoms with E-state index in [4.69, 9.17) is 19.9 Å². The molecular weight excluding hydrogens is 242 g/mol. The van der Waals surface area contributed by atoms with Crippen LogP contribution >= 0.6 is 0 Å². The molecule has 3 unspecified atom stereocenters. The molecule has 1 aromatic rings. The first-order valence-electron chi connectivity index (χ1n) is 6.71. The number of benzene rings is 1. The Kier molecular flexibility index (Phi) is 4.80. The molecule has 0 bridgehead atoms. The fraction of sp³-hybridized carbons (Fsp3) is 0.600. The molecule has 0 heterocycles. The molecule has 19 heavy (non-hydrogen) atoms. The number of methoxy groups -OCH3 is 1. The first kappa shape index (κ1) is 14.3. The van der Waals surface area contributed by atoms with Gasteiger partial charge in [0.25, 0.3) is 0 Å². The molecule has 1 aromatic carbocycles. The van der Waals surface area contributed by atoms with E-state index in [9.17, 15) is 0 Å². The fourth-order valence-electron chi connectivity index (χ4n) is 2.41. The number of nitrogens with two attached hydrogens (primary N) is 1. The number of hydrogen-bond donors (Lipinski definition) is 1. The van der Waals surface area contributed by atoms with Crippen molar-refractivity contribution in [2.24, 2.45) is 5.73 Å². The molecule has 106 valence electrons. The van der Waals surface area contributed by atoms with Crippen LogP contribution in [0.2, 0.25) is 0 Å². The van der Waals surface area contributed by atoms with Gasteiger partial charge in [0.15, 0.2) is 0 Å². The molecule has 2 rings (SSSR count). The predicted octanol–water partition coefficient (Wildman–Crippen LogP) is 1.81. The standard InChI is InChI=1S/C15H23NO3/c1-10-6-11(2)8-12(7-10)19-14-9-13(16)15(14)18-5-4-17-3/h6-8,13-15H,4-5,9,16H2,1-3H3. The third kappa shape index (κ3) is 3.69. The lowest BCUT2D eigenvalue weighted by molar-refractivity contribution is -0.107. The minimum Gasteiger partial charge on any atom is -0.488 e. The number of rotatable bonds is 6. The second kappa shape index (κ2) is 6.37. The monoisotopic (exact) mass is 265 g/mol. The van der Waals surface area contributed by atoms with Gasteiger partial charge in [0.1, 0.15) is 18.0 Å². The average Bonchev–Trinajstić information content (AvgIpc) is 2.33. The highest BCUT2D eigenvalue weighted by molar-refractivity contribution is 5.33. The molecule has 1 fully saturated rings. The van der Waals surface area contributed by atoms with Crippen LogP contribution in [0.5, 0.6) is 5.75 Å². The van der Waals surface area contributed by atoms with E-state index in [-0.39, 0.29) is 18.2 Å². The van der Waals surface area contributed by atoms with Crippen molar-refractivity contribution >= 4 is 0 Å². The van der Waals surface area contributed by atoms with E-state index < -0.39 is 0 Å². The van der Waals surface area contributed by atoms with Crippen molar-refractivity contribution in [2.75, 3.05) is 20.3 Å². The SMILES string of the molecule is COCCOC1C(N)CC1Oc1cc(C)cc(C)c1. The van der Waals surface area contributed by atoms with Crippen LogP contribution in [0.15, 0.2) is 18.2 Å². The molecule has 0 amide bonds. The minimum atomic E-state index is -0.0315. The number of aryl methyl sites for hydroxylation is 2. The summed E-state index contributed by atoms with van der Waals surface area (Å²) in [6, 6.07) is 6.28. The Hall–Kier alpha value is -1.10. The Balaban J connectivity index is 1.91. The third-order valence-corrected chi connectivity index (χ3v) is 3.37. The maximum Gasteiger partial charge on any atom is 0.128 e. The van der Waals surface area contributed by atoms with E-state index in [1.807, 2.05) is 12.1 Å². The van der Waals surface area contributed by atoms with Crippen LogP contribution in [0.1, 0.15) is 17.5 Å². The summed E-state index contributed by atoms with van der Waals surface area (Å²) in [7, 11) is 1.66. The largest absolute Gasteiger partial charge is 0.488 e. The van der Waals surface area contributed by atoms with Crippen LogP contribution < -0.4 is 10.5 Å². The summed E-state index contributed by atoms with van der Waals surface area (Å²) in [4.78, 5) is 0. The summed E-state index contributed by atoms with van der Waals surface area (Å²) in [6.07, 6.45) is 0.856. The van der Waals surface area contributed by atoms with Gasteiger partial charge in [-0.2, -0.15) is 0 Å². The van der Waals surface area contributed by atoms with Gasteiger partial charge in [0, 0.05) is 19.6 Å². The van der Waals surface area contributed by atoms with Gasteiger partial charge in [-0.05, 0) is 37.1 Å². The first-order chi connectivity index (χ1) is 9.10. The van der Waals surface area contributed by atoms with Gasteiger partial charge < -0.3 is 19.9 Å². The van der Waals surface area contributed by atoms with Gasteiger partial charge in [-0.15, -0.1) is 0 Å². The molecule has 1 saturated carbocycles. The van der Waals surface area contributed by atoms with Crippen LogP contribution in [-0.4, -0.2) is 38.6 Å². The van der Waals surface area contributed by atoms with Crippen molar-refractivity contribution in [3.8, 4) is 5.75 Å². The highest BCUT2D eigenvalue weighted by atomic mass is 16.6. The molecule has 0 radical (unpaired) electrons. The van der Waals surface area contributed by atoms with Crippen LogP contribution in [0.3, 0.4) is 0 Å². The van der Waals surface area contributed by atoms with E-state index in [1.165, 1.54) is 11.1 Å². The van der Waals surface area contributed by atoms with E-state index in [0.29, 0.717) is 13.2 Å². The van der Waals surface area contributed by atoms with Crippen LogP contribution in [-0.2, 0) is 9.47 Å². The van der Waals surface area contributed by atoms with Gasteiger partial charge in [-0.25, -0.2) is 0 Å². The normalized spacial score (nSPS) is 26.0. The van der Waals surface area contributed by atoms with Crippen LogP contribution in [0, 0.1) is 13.8 Å². The van der Waals surface area contributed by atoms with Crippen molar-refractivity contribution in [2.45, 2.75) is 38.5 Å². The zero-order valence-corrected chi connectivity index (χ0v) is 11.9. The Morgan fingerprint density at radius 1 is 1.16 bits per heavy atom. The summed E-state index contributed by atoms with van der Waals surface area (Å²) >= 11 is 0. The zero-order chi connectivity index (χ0) is 13.8. The lowest BCUT2D eigenvalue weighted by atomic mass is 9.86. The molecule has 1 aliphatic rings. The van der Waals surface area contributed by atoms with Gasteiger partial charge in [-0.1, -0.05) is 6.07 Å². The van der Waals surface area contributed by atoms with Crippen molar-refractivity contribution < 1.29 is 14.2 Å². The fourth-order valence-corrected chi connectivity index (χ4v) is 2.41. The van der Waals surface area contributed by atoms with E-state index in [2.05, 4.69) is 19.9 Å². The van der Waals surface area contributed by atoms with Crippen LogP contribution in [0.4, 0.5) is 0 Å². The maximum absolute atomic E-state index is 5.98. The topological polar surface area (TPSA) is 53.7 Å². The molecular formula is C15H23NO3. The predicted molar refractivity (Wildman–Crippen MR) is 74.5 cm³/mol. The van der Waals surface area contributed by atoms with Crippen molar-refractivity contribution in [3.63, 3.8) is 0 Å². The quantitative estimate of drug-likeness (QED) is 0.797. The van der Waals surface area contributed by atoms with Crippen LogP contribution in [0.25, 0.3) is 0 Å². The molecule has 0 aromatic heterocycles. The summed E-state index contributed by atoms with van der Waals surface area (Å²) in [5.41, 5.74) is 8.37. The minimum absolute atomic E-state index is 0.0315. The van der Waals surface area contributed by atoms with E-state index >= 15 is 0 Å².